The third-order valence-electron chi connectivity index (χ3n) is 13.6. The number of allylic oxidation sites excluding steroid dienone is 1. The highest BCUT2D eigenvalue weighted by molar-refractivity contribution is 5.24. The van der Waals surface area contributed by atoms with E-state index in [0.29, 0.717) is 39.9 Å². The zero-order valence-electron chi connectivity index (χ0n) is 22.2. The maximum atomic E-state index is 11.2. The Bertz CT molecular complexity index is 814. The molecule has 0 aromatic rings. The van der Waals surface area contributed by atoms with Crippen LogP contribution in [0, 0.1) is 56.7 Å². The van der Waals surface area contributed by atoms with Gasteiger partial charge in [0.2, 0.25) is 0 Å². The summed E-state index contributed by atoms with van der Waals surface area (Å²) in [6.07, 6.45) is 11.6. The fraction of sp³-hybridized carbons (Fsp3) is 0.933. The second-order valence-electron chi connectivity index (χ2n) is 14.7. The van der Waals surface area contributed by atoms with Crippen molar-refractivity contribution in [1.82, 2.24) is 0 Å². The first-order chi connectivity index (χ1) is 14.7. The van der Waals surface area contributed by atoms with Crippen molar-refractivity contribution in [3.05, 3.63) is 11.6 Å². The number of hydrogen-bond acceptors (Lipinski definition) is 2. The van der Waals surface area contributed by atoms with Crippen molar-refractivity contribution in [3.8, 4) is 0 Å². The van der Waals surface area contributed by atoms with Crippen molar-refractivity contribution in [3.63, 3.8) is 0 Å². The smallest absolute Gasteiger partial charge is 0.0780 e. The second-order valence-corrected chi connectivity index (χ2v) is 14.7. The Kier molecular flexibility index (Phi) is 5.02. The summed E-state index contributed by atoms with van der Waals surface area (Å²) >= 11 is 0. The maximum absolute atomic E-state index is 11.2. The molecule has 5 aliphatic rings. The Labute approximate surface area is 197 Å². The van der Waals surface area contributed by atoms with Crippen LogP contribution in [0.25, 0.3) is 0 Å². The first kappa shape index (κ1) is 23.4. The van der Waals surface area contributed by atoms with Gasteiger partial charge in [-0.3, -0.25) is 0 Å². The van der Waals surface area contributed by atoms with Crippen LogP contribution in [0.3, 0.4) is 0 Å². The molecule has 32 heavy (non-hydrogen) atoms. The molecule has 0 saturated heterocycles. The first-order valence-corrected chi connectivity index (χ1v) is 13.8. The van der Waals surface area contributed by atoms with E-state index in [1.54, 1.807) is 0 Å². The topological polar surface area (TPSA) is 40.5 Å². The van der Waals surface area contributed by atoms with Crippen molar-refractivity contribution in [2.45, 2.75) is 119 Å². The fourth-order valence-corrected chi connectivity index (χ4v) is 11.3. The van der Waals surface area contributed by atoms with E-state index in [1.165, 1.54) is 44.1 Å². The van der Waals surface area contributed by atoms with Gasteiger partial charge in [-0.15, -0.1) is 0 Å². The minimum atomic E-state index is -0.285. The molecule has 5 rings (SSSR count). The molecular formula is C30H50O2. The van der Waals surface area contributed by atoms with Crippen LogP contribution in [0.1, 0.15) is 107 Å². The predicted octanol–water partition coefficient (Wildman–Crippen LogP) is 7.00. The molecule has 0 heterocycles. The van der Waals surface area contributed by atoms with Gasteiger partial charge in [-0.2, -0.15) is 0 Å². The summed E-state index contributed by atoms with van der Waals surface area (Å²) < 4.78 is 0. The largest absolute Gasteiger partial charge is 0.393 e. The summed E-state index contributed by atoms with van der Waals surface area (Å²) in [5.74, 6) is 3.26. The highest BCUT2D eigenvalue weighted by Gasteiger charge is 2.70. The van der Waals surface area contributed by atoms with Gasteiger partial charge in [0.25, 0.3) is 0 Å². The number of hydrogen-bond donors (Lipinski definition) is 2. The van der Waals surface area contributed by atoms with E-state index in [4.69, 9.17) is 0 Å². The van der Waals surface area contributed by atoms with E-state index in [0.717, 1.165) is 18.8 Å². The lowest BCUT2D eigenvalue weighted by atomic mass is 9.31. The van der Waals surface area contributed by atoms with E-state index >= 15 is 0 Å². The molecule has 5 aliphatic carbocycles. The Morgan fingerprint density at radius 1 is 0.750 bits per heavy atom. The fourth-order valence-electron chi connectivity index (χ4n) is 11.3. The second kappa shape index (κ2) is 6.87. The number of fused-ring (bicyclic) bond motifs is 7. The van der Waals surface area contributed by atoms with Crippen molar-refractivity contribution >= 4 is 0 Å². The summed E-state index contributed by atoms with van der Waals surface area (Å²) in [5, 5.41) is 22.1. The Morgan fingerprint density at radius 2 is 1.44 bits per heavy atom. The lowest BCUT2D eigenvalue weighted by molar-refractivity contribution is -0.255. The minimum Gasteiger partial charge on any atom is -0.393 e. The highest BCUT2D eigenvalue weighted by atomic mass is 16.3. The van der Waals surface area contributed by atoms with Gasteiger partial charge in [0.1, 0.15) is 0 Å². The molecule has 0 unspecified atom stereocenters. The van der Waals surface area contributed by atoms with E-state index in [9.17, 15) is 10.2 Å². The summed E-state index contributed by atoms with van der Waals surface area (Å²) in [6.45, 7) is 19.8. The molecule has 0 bridgehead atoms. The summed E-state index contributed by atoms with van der Waals surface area (Å²) in [5.41, 5.74) is 2.53. The highest BCUT2D eigenvalue weighted by Crippen LogP contribution is 2.76. The van der Waals surface area contributed by atoms with E-state index < -0.39 is 0 Å². The maximum Gasteiger partial charge on any atom is 0.0780 e. The predicted molar refractivity (Wildman–Crippen MR) is 132 cm³/mol. The zero-order chi connectivity index (χ0) is 23.5. The molecule has 0 aliphatic heterocycles. The van der Waals surface area contributed by atoms with Crippen LogP contribution in [-0.2, 0) is 0 Å². The molecule has 0 radical (unpaired) electrons. The molecule has 182 valence electrons. The van der Waals surface area contributed by atoms with Crippen LogP contribution in [0.2, 0.25) is 0 Å². The van der Waals surface area contributed by atoms with Gasteiger partial charge in [-0.25, -0.2) is 0 Å². The van der Waals surface area contributed by atoms with Crippen LogP contribution in [0.15, 0.2) is 11.6 Å². The molecule has 4 saturated carbocycles. The van der Waals surface area contributed by atoms with E-state index in [-0.39, 0.29) is 23.0 Å². The van der Waals surface area contributed by atoms with Crippen LogP contribution >= 0.6 is 0 Å². The molecule has 0 spiro atoms. The van der Waals surface area contributed by atoms with E-state index in [1.807, 2.05) is 0 Å². The van der Waals surface area contributed by atoms with Crippen LogP contribution in [-0.4, -0.2) is 22.4 Å². The van der Waals surface area contributed by atoms with E-state index in [2.05, 4.69) is 61.5 Å². The minimum absolute atomic E-state index is 0.0289. The van der Waals surface area contributed by atoms with Crippen molar-refractivity contribution in [2.75, 3.05) is 0 Å². The molecule has 2 heteroatoms. The molecule has 2 N–H and O–H groups in total. The molecule has 11 atom stereocenters. The lowest BCUT2D eigenvalue weighted by Crippen LogP contribution is -2.67. The summed E-state index contributed by atoms with van der Waals surface area (Å²) in [6, 6.07) is 0. The molecule has 0 aromatic heterocycles. The van der Waals surface area contributed by atoms with Crippen molar-refractivity contribution < 1.29 is 10.2 Å². The van der Waals surface area contributed by atoms with Gasteiger partial charge in [0.05, 0.1) is 12.2 Å². The van der Waals surface area contributed by atoms with Crippen LogP contribution in [0.5, 0.6) is 0 Å². The average molecular weight is 443 g/mol. The van der Waals surface area contributed by atoms with Gasteiger partial charge in [0, 0.05) is 5.41 Å². The van der Waals surface area contributed by atoms with Gasteiger partial charge >= 0.3 is 0 Å². The monoisotopic (exact) mass is 442 g/mol. The lowest BCUT2D eigenvalue weighted by Gasteiger charge is -2.73. The molecule has 0 amide bonds. The Balaban J connectivity index is 1.56. The summed E-state index contributed by atoms with van der Waals surface area (Å²) in [4.78, 5) is 0. The molecule has 4 fully saturated rings. The summed E-state index contributed by atoms with van der Waals surface area (Å²) in [7, 11) is 0. The number of aliphatic hydroxyl groups excluding tert-OH is 2. The molecule has 2 nitrogen and oxygen atoms in total. The van der Waals surface area contributed by atoms with Crippen LogP contribution in [0.4, 0.5) is 0 Å². The average Bonchev–Trinajstić information content (AvgIpc) is 2.71. The number of rotatable bonds is 0. The Morgan fingerprint density at radius 3 is 2.12 bits per heavy atom. The van der Waals surface area contributed by atoms with Gasteiger partial charge in [-0.1, -0.05) is 60.1 Å². The van der Waals surface area contributed by atoms with Gasteiger partial charge in [-0.05, 0) is 110 Å². The quantitative estimate of drug-likeness (QED) is 0.397. The van der Waals surface area contributed by atoms with Crippen molar-refractivity contribution in [2.24, 2.45) is 56.7 Å². The van der Waals surface area contributed by atoms with Gasteiger partial charge in [0.15, 0.2) is 0 Å². The normalized spacial score (nSPS) is 59.2. The SMILES string of the molecule is CC1=C[C@H](O)[C@]2(C)CC[C@]3(C)[C@H](CC[C@@H]4[C@@]5(C)CC[C@H](O)C(C)(C)[C@@H]5CC[C@]43C)[C@H]2[C@@H]1C. The Hall–Kier alpha value is -0.340. The standard InChI is InChI=1S/C30H50O2/c1-18-17-24(32)28(6)15-16-29(7)20(25(28)19(18)2)9-10-22-27(5)13-12-23(31)26(3,4)21(27)11-14-30(22,29)8/h17,19-25,31-32H,9-16H2,1-8H3/t19-,20-,21+,22-,23+,24+,25-,27+,28+,29-,30-/m1/s1. The first-order valence-electron chi connectivity index (χ1n) is 13.8. The molecular weight excluding hydrogens is 392 g/mol. The molecule has 0 aromatic carbocycles. The van der Waals surface area contributed by atoms with Crippen molar-refractivity contribution in [1.29, 1.82) is 0 Å². The van der Waals surface area contributed by atoms with Crippen LogP contribution < -0.4 is 0 Å². The van der Waals surface area contributed by atoms with Gasteiger partial charge < -0.3 is 10.2 Å². The third-order valence-corrected chi connectivity index (χ3v) is 13.6. The number of aliphatic hydroxyl groups is 2. The third kappa shape index (κ3) is 2.61. The zero-order valence-corrected chi connectivity index (χ0v) is 22.2.